The molecule has 6 heteroatoms. The van der Waals surface area contributed by atoms with E-state index in [0.29, 0.717) is 23.2 Å². The Morgan fingerprint density at radius 3 is 2.48 bits per heavy atom. The molecule has 1 saturated carbocycles. The molecule has 5 nitrogen and oxygen atoms in total. The second kappa shape index (κ2) is 10.2. The summed E-state index contributed by atoms with van der Waals surface area (Å²) in [5, 5.41) is 6.58. The lowest BCUT2D eigenvalue weighted by Gasteiger charge is -2.38. The van der Waals surface area contributed by atoms with Gasteiger partial charge < -0.3 is 15.5 Å². The first-order valence-electron chi connectivity index (χ1n) is 11.9. The zero-order valence-corrected chi connectivity index (χ0v) is 20.4. The van der Waals surface area contributed by atoms with Crippen LogP contribution in [-0.2, 0) is 4.79 Å². The third-order valence-electron chi connectivity index (χ3n) is 7.29. The molecule has 0 spiro atoms. The van der Waals surface area contributed by atoms with Gasteiger partial charge in [0.1, 0.15) is 0 Å². The Hall–Kier alpha value is -1.75. The van der Waals surface area contributed by atoms with Crippen LogP contribution in [0.4, 0.5) is 5.69 Å². The van der Waals surface area contributed by atoms with Gasteiger partial charge in [0.05, 0.1) is 5.92 Å². The van der Waals surface area contributed by atoms with Gasteiger partial charge in [-0.05, 0) is 82.4 Å². The molecule has 2 amide bonds. The number of hydrogen-bond acceptors (Lipinski definition) is 3. The molecule has 2 fully saturated rings. The first kappa shape index (κ1) is 23.9. The summed E-state index contributed by atoms with van der Waals surface area (Å²) in [5.41, 5.74) is 2.61. The van der Waals surface area contributed by atoms with Gasteiger partial charge in [-0.3, -0.25) is 9.59 Å². The lowest BCUT2D eigenvalue weighted by atomic mass is 9.84. The van der Waals surface area contributed by atoms with Crippen molar-refractivity contribution in [2.24, 2.45) is 17.8 Å². The summed E-state index contributed by atoms with van der Waals surface area (Å²) in [4.78, 5) is 27.9. The number of nitrogens with one attached hydrogen (secondary N) is 2. The maximum Gasteiger partial charge on any atom is 0.251 e. The van der Waals surface area contributed by atoms with Crippen LogP contribution in [0.1, 0.15) is 75.7 Å². The lowest BCUT2D eigenvalue weighted by Crippen LogP contribution is -2.50. The molecule has 1 heterocycles. The normalized spacial score (nSPS) is 28.7. The van der Waals surface area contributed by atoms with Gasteiger partial charge in [0.25, 0.3) is 5.91 Å². The Morgan fingerprint density at radius 1 is 1.19 bits per heavy atom. The molecule has 3 unspecified atom stereocenters. The molecule has 31 heavy (non-hydrogen) atoms. The van der Waals surface area contributed by atoms with Crippen molar-refractivity contribution in [3.05, 3.63) is 28.3 Å². The number of nitrogens with zero attached hydrogens (tertiary/aromatic N) is 1. The van der Waals surface area contributed by atoms with E-state index in [4.69, 9.17) is 11.6 Å². The fraction of sp³-hybridized carbons (Fsp3) is 0.680. The highest BCUT2D eigenvalue weighted by Crippen LogP contribution is 2.34. The third-order valence-corrected chi connectivity index (χ3v) is 7.50. The monoisotopic (exact) mass is 447 g/mol. The van der Waals surface area contributed by atoms with E-state index in [-0.39, 0.29) is 29.7 Å². The SMILES string of the molecule is CCN(c1cc(Cl)cc(C(=O)NCC2C(=O)NC(C)CC2C)c1C)C1CCC(C)CC1. The first-order chi connectivity index (χ1) is 14.7. The maximum absolute atomic E-state index is 13.1. The average Bonchev–Trinajstić information content (AvgIpc) is 2.71. The van der Waals surface area contributed by atoms with Crippen LogP contribution < -0.4 is 15.5 Å². The molecular formula is C25H38ClN3O2. The summed E-state index contributed by atoms with van der Waals surface area (Å²) in [6.45, 7) is 11.8. The van der Waals surface area contributed by atoms with Crippen LogP contribution in [0.3, 0.4) is 0 Å². The van der Waals surface area contributed by atoms with Gasteiger partial charge >= 0.3 is 0 Å². The van der Waals surface area contributed by atoms with E-state index < -0.39 is 0 Å². The summed E-state index contributed by atoms with van der Waals surface area (Å²) in [7, 11) is 0. The van der Waals surface area contributed by atoms with Crippen LogP contribution in [0.25, 0.3) is 0 Å². The van der Waals surface area contributed by atoms with Crippen LogP contribution in [0, 0.1) is 24.7 Å². The van der Waals surface area contributed by atoms with Crippen molar-refractivity contribution in [2.45, 2.75) is 78.8 Å². The highest BCUT2D eigenvalue weighted by molar-refractivity contribution is 6.31. The van der Waals surface area contributed by atoms with E-state index in [1.165, 1.54) is 25.7 Å². The maximum atomic E-state index is 13.1. The van der Waals surface area contributed by atoms with Gasteiger partial charge in [-0.2, -0.15) is 0 Å². The first-order valence-corrected chi connectivity index (χ1v) is 12.2. The second-order valence-electron chi connectivity index (χ2n) is 9.74. The van der Waals surface area contributed by atoms with Crippen LogP contribution in [-0.4, -0.2) is 37.0 Å². The zero-order valence-electron chi connectivity index (χ0n) is 19.6. The number of anilines is 1. The van der Waals surface area contributed by atoms with Gasteiger partial charge in [0.2, 0.25) is 5.91 Å². The number of amides is 2. The molecular weight excluding hydrogens is 410 g/mol. The van der Waals surface area contributed by atoms with Crippen LogP contribution in [0.5, 0.6) is 0 Å². The van der Waals surface area contributed by atoms with Gasteiger partial charge in [-0.1, -0.05) is 25.4 Å². The molecule has 1 aromatic rings. The lowest BCUT2D eigenvalue weighted by molar-refractivity contribution is -0.129. The number of benzene rings is 1. The molecule has 1 aromatic carbocycles. The number of piperidine rings is 1. The molecule has 2 N–H and O–H groups in total. The molecule has 3 atom stereocenters. The van der Waals surface area contributed by atoms with Crippen LogP contribution in [0.15, 0.2) is 12.1 Å². The topological polar surface area (TPSA) is 61.4 Å². The summed E-state index contributed by atoms with van der Waals surface area (Å²) >= 11 is 6.47. The Balaban J connectivity index is 1.76. The number of rotatable bonds is 6. The van der Waals surface area contributed by atoms with Gasteiger partial charge in [0.15, 0.2) is 0 Å². The quantitative estimate of drug-likeness (QED) is 0.648. The number of hydrogen-bond donors (Lipinski definition) is 2. The Labute approximate surface area is 192 Å². The van der Waals surface area contributed by atoms with Crippen LogP contribution in [0.2, 0.25) is 5.02 Å². The van der Waals surface area contributed by atoms with Crippen molar-refractivity contribution < 1.29 is 9.59 Å². The fourth-order valence-electron chi connectivity index (χ4n) is 5.36. The molecule has 0 radical (unpaired) electrons. The van der Waals surface area contributed by atoms with E-state index in [0.717, 1.165) is 30.1 Å². The van der Waals surface area contributed by atoms with Gasteiger partial charge in [-0.15, -0.1) is 0 Å². The average molecular weight is 448 g/mol. The minimum absolute atomic E-state index is 0.0266. The minimum atomic E-state index is -0.199. The Bertz CT molecular complexity index is 804. The highest BCUT2D eigenvalue weighted by atomic mass is 35.5. The third kappa shape index (κ3) is 5.54. The van der Waals surface area contributed by atoms with E-state index in [2.05, 4.69) is 36.3 Å². The van der Waals surface area contributed by atoms with E-state index in [9.17, 15) is 9.59 Å². The Morgan fingerprint density at radius 2 is 1.87 bits per heavy atom. The summed E-state index contributed by atoms with van der Waals surface area (Å²) in [6.07, 6.45) is 5.77. The minimum Gasteiger partial charge on any atom is -0.369 e. The molecule has 172 valence electrons. The van der Waals surface area contributed by atoms with Crippen molar-refractivity contribution in [1.82, 2.24) is 10.6 Å². The number of halogens is 1. The summed E-state index contributed by atoms with van der Waals surface area (Å²) in [5.74, 6) is 0.700. The Kier molecular flexibility index (Phi) is 7.90. The van der Waals surface area contributed by atoms with Gasteiger partial charge in [0, 0.05) is 41.4 Å². The smallest absolute Gasteiger partial charge is 0.251 e. The second-order valence-corrected chi connectivity index (χ2v) is 10.2. The predicted molar refractivity (Wildman–Crippen MR) is 128 cm³/mol. The summed E-state index contributed by atoms with van der Waals surface area (Å²) in [6, 6.07) is 4.42. The molecule has 3 rings (SSSR count). The largest absolute Gasteiger partial charge is 0.369 e. The van der Waals surface area contributed by atoms with E-state index in [1.54, 1.807) is 6.07 Å². The van der Waals surface area contributed by atoms with Crippen molar-refractivity contribution in [1.29, 1.82) is 0 Å². The van der Waals surface area contributed by atoms with Crippen molar-refractivity contribution in [3.8, 4) is 0 Å². The fourth-order valence-corrected chi connectivity index (χ4v) is 5.57. The van der Waals surface area contributed by atoms with E-state index >= 15 is 0 Å². The summed E-state index contributed by atoms with van der Waals surface area (Å²) < 4.78 is 0. The van der Waals surface area contributed by atoms with Crippen molar-refractivity contribution in [2.75, 3.05) is 18.0 Å². The number of carbonyl (C=O) groups is 2. The molecule has 2 aliphatic rings. The molecule has 1 aliphatic heterocycles. The molecule has 0 bridgehead atoms. The molecule has 1 saturated heterocycles. The van der Waals surface area contributed by atoms with Crippen molar-refractivity contribution in [3.63, 3.8) is 0 Å². The highest BCUT2D eigenvalue weighted by Gasteiger charge is 2.32. The van der Waals surface area contributed by atoms with E-state index in [1.807, 2.05) is 19.9 Å². The predicted octanol–water partition coefficient (Wildman–Crippen LogP) is 4.94. The van der Waals surface area contributed by atoms with Crippen LogP contribution >= 0.6 is 11.6 Å². The number of carbonyl (C=O) groups excluding carboxylic acids is 2. The molecule has 0 aromatic heterocycles. The zero-order chi connectivity index (χ0) is 22.7. The molecule has 1 aliphatic carbocycles. The van der Waals surface area contributed by atoms with Crippen molar-refractivity contribution >= 4 is 29.1 Å². The van der Waals surface area contributed by atoms with Gasteiger partial charge in [-0.25, -0.2) is 0 Å². The standard InChI is InChI=1S/C25H38ClN3O2/c1-6-29(20-9-7-15(2)8-10-20)23-13-19(26)12-21(18(23)5)24(30)27-14-22-16(3)11-17(4)28-25(22)31/h12-13,15-17,20,22H,6-11,14H2,1-5H3,(H,27,30)(H,28,31).